The molecule has 0 amide bonds. The molecule has 0 aliphatic carbocycles. The van der Waals surface area contributed by atoms with E-state index in [1.807, 2.05) is 109 Å². The Labute approximate surface area is 206 Å². The molecule has 178 valence electrons. The molecule has 2 N–H and O–H groups in total. The first kappa shape index (κ1) is 24.0. The summed E-state index contributed by atoms with van der Waals surface area (Å²) in [6, 6.07) is 34.5. The van der Waals surface area contributed by atoms with Crippen molar-refractivity contribution < 1.29 is 19.4 Å². The zero-order valence-corrected chi connectivity index (χ0v) is 19.5. The van der Waals surface area contributed by atoms with E-state index in [4.69, 9.17) is 9.47 Å². The summed E-state index contributed by atoms with van der Waals surface area (Å²) in [7, 11) is 0. The monoisotopic (exact) mass is 467 g/mol. The molecule has 0 saturated carbocycles. The van der Waals surface area contributed by atoms with Gasteiger partial charge in [-0.1, -0.05) is 97.1 Å². The molecule has 0 bridgehead atoms. The predicted molar refractivity (Wildman–Crippen MR) is 136 cm³/mol. The fourth-order valence-corrected chi connectivity index (χ4v) is 3.70. The number of carbonyl (C=O) groups is 1. The summed E-state index contributed by atoms with van der Waals surface area (Å²) < 4.78 is 12.2. The molecule has 0 aliphatic heterocycles. The Bertz CT molecular complexity index is 1200. The van der Waals surface area contributed by atoms with Gasteiger partial charge in [0.2, 0.25) is 0 Å². The lowest BCUT2D eigenvalue weighted by atomic mass is 10.0. The highest BCUT2D eigenvalue weighted by atomic mass is 16.5. The van der Waals surface area contributed by atoms with E-state index in [0.29, 0.717) is 37.7 Å². The molecule has 1 atom stereocenters. The van der Waals surface area contributed by atoms with Gasteiger partial charge in [-0.05, 0) is 40.8 Å². The third kappa shape index (κ3) is 7.45. The van der Waals surface area contributed by atoms with E-state index in [9.17, 15) is 9.90 Å². The lowest BCUT2D eigenvalue weighted by Crippen LogP contribution is -2.38. The number of aliphatic carboxylic acids is 1. The van der Waals surface area contributed by atoms with Crippen molar-refractivity contribution in [3.63, 3.8) is 0 Å². The summed E-state index contributed by atoms with van der Waals surface area (Å²) in [6.45, 7) is 1.28. The summed E-state index contributed by atoms with van der Waals surface area (Å²) in [5, 5.41) is 12.9. The van der Waals surface area contributed by atoms with Crippen LogP contribution in [-0.4, -0.2) is 17.1 Å². The Balaban J connectivity index is 1.48. The van der Waals surface area contributed by atoms with Crippen molar-refractivity contribution in [3.05, 3.63) is 131 Å². The van der Waals surface area contributed by atoms with E-state index >= 15 is 0 Å². The number of carboxylic acid groups (broad SMARTS) is 1. The van der Waals surface area contributed by atoms with Crippen LogP contribution in [-0.2, 0) is 31.0 Å². The molecule has 4 rings (SSSR count). The number of nitrogens with one attached hydrogen (secondary N) is 1. The molecule has 0 heterocycles. The summed E-state index contributed by atoms with van der Waals surface area (Å²) in [4.78, 5) is 11.9. The summed E-state index contributed by atoms with van der Waals surface area (Å²) in [5.41, 5.74) is 3.99. The second kappa shape index (κ2) is 12.4. The second-order valence-electron chi connectivity index (χ2n) is 8.29. The van der Waals surface area contributed by atoms with Crippen LogP contribution in [0.4, 0.5) is 0 Å². The van der Waals surface area contributed by atoms with Crippen LogP contribution in [0.1, 0.15) is 22.3 Å². The van der Waals surface area contributed by atoms with Crippen LogP contribution in [0.3, 0.4) is 0 Å². The van der Waals surface area contributed by atoms with Gasteiger partial charge in [-0.15, -0.1) is 0 Å². The quantitative estimate of drug-likeness (QED) is 0.283. The van der Waals surface area contributed by atoms with Crippen molar-refractivity contribution in [2.45, 2.75) is 32.2 Å². The van der Waals surface area contributed by atoms with Crippen LogP contribution in [0.25, 0.3) is 0 Å². The van der Waals surface area contributed by atoms with Crippen molar-refractivity contribution in [1.29, 1.82) is 0 Å². The van der Waals surface area contributed by atoms with Crippen LogP contribution in [0.5, 0.6) is 11.5 Å². The minimum Gasteiger partial charge on any atom is -0.485 e. The Hall–Kier alpha value is -4.09. The molecule has 0 aliphatic rings. The van der Waals surface area contributed by atoms with Crippen LogP contribution in [0.2, 0.25) is 0 Å². The zero-order chi connectivity index (χ0) is 24.3. The summed E-state index contributed by atoms with van der Waals surface area (Å²) >= 11 is 0. The number of ether oxygens (including phenoxy) is 2. The third-order valence-corrected chi connectivity index (χ3v) is 5.62. The topological polar surface area (TPSA) is 67.8 Å². The lowest BCUT2D eigenvalue weighted by molar-refractivity contribution is -0.139. The van der Waals surface area contributed by atoms with Crippen molar-refractivity contribution >= 4 is 5.97 Å². The highest BCUT2D eigenvalue weighted by Gasteiger charge is 2.19. The third-order valence-electron chi connectivity index (χ3n) is 5.62. The average Bonchev–Trinajstić information content (AvgIpc) is 2.91. The second-order valence-corrected chi connectivity index (χ2v) is 8.29. The number of hydrogen-bond donors (Lipinski definition) is 2. The number of carboxylic acids is 1. The fourth-order valence-electron chi connectivity index (χ4n) is 3.70. The SMILES string of the molecule is O=C(O)[C@H](Cc1ccc(OCc2ccccc2)c(OCc2ccccc2)c1)NCc1ccccc1. The van der Waals surface area contributed by atoms with Crippen LogP contribution >= 0.6 is 0 Å². The molecule has 5 heteroatoms. The van der Waals surface area contributed by atoms with Crippen molar-refractivity contribution in [2.24, 2.45) is 0 Å². The Kier molecular flexibility index (Phi) is 8.52. The van der Waals surface area contributed by atoms with E-state index in [-0.39, 0.29) is 0 Å². The van der Waals surface area contributed by atoms with E-state index in [0.717, 1.165) is 22.3 Å². The van der Waals surface area contributed by atoms with Gasteiger partial charge in [0.25, 0.3) is 0 Å². The van der Waals surface area contributed by atoms with Gasteiger partial charge in [-0.25, -0.2) is 0 Å². The van der Waals surface area contributed by atoms with E-state index in [1.54, 1.807) is 0 Å². The number of rotatable bonds is 12. The normalized spacial score (nSPS) is 11.5. The predicted octanol–water partition coefficient (Wildman–Crippen LogP) is 5.63. The first-order chi connectivity index (χ1) is 17.2. The largest absolute Gasteiger partial charge is 0.485 e. The molecular weight excluding hydrogens is 438 g/mol. The van der Waals surface area contributed by atoms with E-state index < -0.39 is 12.0 Å². The molecule has 0 radical (unpaired) electrons. The van der Waals surface area contributed by atoms with Gasteiger partial charge in [-0.3, -0.25) is 4.79 Å². The molecule has 0 aromatic heterocycles. The molecule has 35 heavy (non-hydrogen) atoms. The van der Waals surface area contributed by atoms with Gasteiger partial charge in [0.15, 0.2) is 11.5 Å². The van der Waals surface area contributed by atoms with Crippen LogP contribution in [0.15, 0.2) is 109 Å². The minimum atomic E-state index is -0.892. The van der Waals surface area contributed by atoms with Gasteiger partial charge < -0.3 is 19.9 Å². The lowest BCUT2D eigenvalue weighted by Gasteiger charge is -2.17. The summed E-state index contributed by atoms with van der Waals surface area (Å²) in [5.74, 6) is 0.323. The van der Waals surface area contributed by atoms with Crippen molar-refractivity contribution in [1.82, 2.24) is 5.32 Å². The Morgan fingerprint density at radius 2 is 1.17 bits per heavy atom. The first-order valence-corrected chi connectivity index (χ1v) is 11.6. The summed E-state index contributed by atoms with van der Waals surface area (Å²) in [6.07, 6.45) is 0.322. The number of benzene rings is 4. The van der Waals surface area contributed by atoms with Crippen LogP contribution in [0, 0.1) is 0 Å². The standard InChI is InChI=1S/C30H29NO4/c32-30(33)27(31-20-23-10-4-1-5-11-23)18-26-16-17-28(34-21-24-12-6-2-7-13-24)29(19-26)35-22-25-14-8-3-9-15-25/h1-17,19,27,31H,18,20-22H2,(H,32,33)/t27-/m0/s1. The minimum absolute atomic E-state index is 0.322. The molecule has 5 nitrogen and oxygen atoms in total. The maximum atomic E-state index is 11.9. The highest BCUT2D eigenvalue weighted by molar-refractivity contribution is 5.74. The molecule has 0 fully saturated rings. The average molecular weight is 468 g/mol. The molecule has 0 unspecified atom stereocenters. The first-order valence-electron chi connectivity index (χ1n) is 11.6. The Morgan fingerprint density at radius 3 is 1.71 bits per heavy atom. The van der Waals surface area contributed by atoms with Crippen molar-refractivity contribution in [2.75, 3.05) is 0 Å². The molecule has 0 spiro atoms. The highest BCUT2D eigenvalue weighted by Crippen LogP contribution is 2.30. The van der Waals surface area contributed by atoms with Crippen molar-refractivity contribution in [3.8, 4) is 11.5 Å². The van der Waals surface area contributed by atoms with Gasteiger partial charge in [-0.2, -0.15) is 0 Å². The molecular formula is C30H29NO4. The smallest absolute Gasteiger partial charge is 0.321 e. The maximum absolute atomic E-state index is 11.9. The van der Waals surface area contributed by atoms with Gasteiger partial charge >= 0.3 is 5.97 Å². The van der Waals surface area contributed by atoms with Gasteiger partial charge in [0, 0.05) is 6.54 Å². The molecule has 0 saturated heterocycles. The van der Waals surface area contributed by atoms with E-state index in [2.05, 4.69) is 5.32 Å². The molecule has 4 aromatic rings. The van der Waals surface area contributed by atoms with Gasteiger partial charge in [0.1, 0.15) is 19.3 Å². The maximum Gasteiger partial charge on any atom is 0.321 e. The Morgan fingerprint density at radius 1 is 0.657 bits per heavy atom. The molecule has 4 aromatic carbocycles. The van der Waals surface area contributed by atoms with Crippen LogP contribution < -0.4 is 14.8 Å². The number of hydrogen-bond acceptors (Lipinski definition) is 4. The van der Waals surface area contributed by atoms with E-state index in [1.165, 1.54) is 0 Å². The van der Waals surface area contributed by atoms with Gasteiger partial charge in [0.05, 0.1) is 0 Å². The fraction of sp³-hybridized carbons (Fsp3) is 0.167. The zero-order valence-electron chi connectivity index (χ0n) is 19.5.